The first-order chi connectivity index (χ1) is 10.3. The maximum absolute atomic E-state index is 12.3. The minimum absolute atomic E-state index is 0.0280. The Bertz CT molecular complexity index is 629. The van der Waals surface area contributed by atoms with E-state index in [1.165, 1.54) is 23.3 Å². The zero-order valence-corrected chi connectivity index (χ0v) is 14.2. The van der Waals surface area contributed by atoms with Crippen LogP contribution in [0.2, 0.25) is 0 Å². The molecule has 0 fully saturated rings. The minimum Gasteiger partial charge on any atom is -0.342 e. The first kappa shape index (κ1) is 18.4. The van der Waals surface area contributed by atoms with Gasteiger partial charge in [-0.2, -0.15) is 0 Å². The van der Waals surface area contributed by atoms with E-state index >= 15 is 0 Å². The molecule has 0 saturated carbocycles. The molecule has 0 radical (unpaired) electrons. The van der Waals surface area contributed by atoms with E-state index in [9.17, 15) is 23.3 Å². The Hall–Kier alpha value is -1.61. The molecule has 22 heavy (non-hydrogen) atoms. The lowest BCUT2D eigenvalue weighted by molar-refractivity contribution is -0.388. The van der Waals surface area contributed by atoms with Gasteiger partial charge in [0.05, 0.1) is 26.5 Å². The number of hydrogen-bond acceptors (Lipinski definition) is 5. The van der Waals surface area contributed by atoms with Crippen molar-refractivity contribution in [2.75, 3.05) is 25.1 Å². The lowest BCUT2D eigenvalue weighted by Gasteiger charge is -2.18. The zero-order valence-electron chi connectivity index (χ0n) is 12.6. The van der Waals surface area contributed by atoms with E-state index in [1.54, 1.807) is 13.8 Å². The smallest absolute Gasteiger partial charge is 0.286 e. The van der Waals surface area contributed by atoms with Crippen molar-refractivity contribution in [2.45, 2.75) is 23.6 Å². The molecule has 1 aromatic rings. The van der Waals surface area contributed by atoms with Gasteiger partial charge in [-0.05, 0) is 26.0 Å². The van der Waals surface area contributed by atoms with Crippen LogP contribution in [0, 0.1) is 10.1 Å². The van der Waals surface area contributed by atoms with E-state index in [4.69, 9.17) is 0 Å². The molecule has 2 atom stereocenters. The molecule has 0 heterocycles. The van der Waals surface area contributed by atoms with Gasteiger partial charge in [-0.25, -0.2) is 0 Å². The van der Waals surface area contributed by atoms with Gasteiger partial charge >= 0.3 is 0 Å². The zero-order chi connectivity index (χ0) is 16.9. The maximum Gasteiger partial charge on any atom is 0.286 e. The van der Waals surface area contributed by atoms with Crippen molar-refractivity contribution >= 4 is 33.2 Å². The normalized spacial score (nSPS) is 13.4. The van der Waals surface area contributed by atoms with Crippen molar-refractivity contribution in [3.63, 3.8) is 0 Å². The quantitative estimate of drug-likeness (QED) is 0.548. The second-order valence-electron chi connectivity index (χ2n) is 4.40. The summed E-state index contributed by atoms with van der Waals surface area (Å²) in [5.74, 6) is -0.627. The molecule has 0 saturated heterocycles. The number of amides is 1. The fourth-order valence-corrected chi connectivity index (χ4v) is 3.55. The number of benzene rings is 1. The molecule has 1 amide bonds. The highest BCUT2D eigenvalue weighted by Crippen LogP contribution is 2.25. The highest BCUT2D eigenvalue weighted by Gasteiger charge is 2.23. The largest absolute Gasteiger partial charge is 0.342 e. The molecular formula is C13H18N2O5S2. The Kier molecular flexibility index (Phi) is 6.82. The topological polar surface area (TPSA) is 97.6 Å². The molecule has 1 rings (SSSR count). The maximum atomic E-state index is 12.3. The average molecular weight is 346 g/mol. The summed E-state index contributed by atoms with van der Waals surface area (Å²) in [4.78, 5) is 24.2. The highest BCUT2D eigenvalue weighted by atomic mass is 32.2. The summed E-state index contributed by atoms with van der Waals surface area (Å²) in [6.45, 7) is 4.58. The third-order valence-corrected chi connectivity index (χ3v) is 5.34. The van der Waals surface area contributed by atoms with Crippen molar-refractivity contribution < 1.29 is 18.1 Å². The molecule has 0 spiro atoms. The molecule has 9 heteroatoms. The first-order valence-electron chi connectivity index (χ1n) is 6.59. The van der Waals surface area contributed by atoms with E-state index in [0.29, 0.717) is 13.1 Å². The predicted octanol–water partition coefficient (Wildman–Crippen LogP) is 1.31. The Labute approximate surface area is 133 Å². The molecular weight excluding hydrogens is 328 g/mol. The van der Waals surface area contributed by atoms with Gasteiger partial charge in [0.1, 0.15) is 10.6 Å². The van der Waals surface area contributed by atoms with E-state index in [2.05, 4.69) is 0 Å². The fourth-order valence-electron chi connectivity index (χ4n) is 1.87. The second kappa shape index (κ2) is 8.14. The van der Waals surface area contributed by atoms with Crippen LogP contribution in [0.1, 0.15) is 13.8 Å². The Morgan fingerprint density at radius 3 is 2.32 bits per heavy atom. The molecule has 0 aliphatic carbocycles. The SMILES string of the molecule is CCN(CC)C(=O)CS(=O)c1ccc(S(C)=O)cc1[N+](=O)[O-]. The van der Waals surface area contributed by atoms with Gasteiger partial charge in [0.25, 0.3) is 5.69 Å². The van der Waals surface area contributed by atoms with Crippen LogP contribution < -0.4 is 0 Å². The lowest BCUT2D eigenvalue weighted by Crippen LogP contribution is -2.34. The predicted molar refractivity (Wildman–Crippen MR) is 84.6 cm³/mol. The van der Waals surface area contributed by atoms with Crippen LogP contribution in [-0.4, -0.2) is 49.2 Å². The molecule has 0 aliphatic heterocycles. The van der Waals surface area contributed by atoms with Crippen LogP contribution in [0.25, 0.3) is 0 Å². The van der Waals surface area contributed by atoms with Crippen LogP contribution in [0.4, 0.5) is 5.69 Å². The van der Waals surface area contributed by atoms with Crippen LogP contribution in [0.5, 0.6) is 0 Å². The Balaban J connectivity index is 3.10. The van der Waals surface area contributed by atoms with Crippen molar-refractivity contribution in [3.05, 3.63) is 28.3 Å². The van der Waals surface area contributed by atoms with E-state index in [1.807, 2.05) is 0 Å². The molecule has 0 aliphatic rings. The number of carbonyl (C=O) groups is 1. The van der Waals surface area contributed by atoms with E-state index in [0.717, 1.165) is 6.07 Å². The average Bonchev–Trinajstić information content (AvgIpc) is 2.47. The van der Waals surface area contributed by atoms with Crippen molar-refractivity contribution in [2.24, 2.45) is 0 Å². The third-order valence-electron chi connectivity index (χ3n) is 3.08. The summed E-state index contributed by atoms with van der Waals surface area (Å²) in [6.07, 6.45) is 1.40. The summed E-state index contributed by atoms with van der Waals surface area (Å²) in [5, 5.41) is 11.1. The van der Waals surface area contributed by atoms with Gasteiger partial charge in [0.2, 0.25) is 5.91 Å². The van der Waals surface area contributed by atoms with Crippen molar-refractivity contribution in [3.8, 4) is 0 Å². The highest BCUT2D eigenvalue weighted by molar-refractivity contribution is 7.86. The van der Waals surface area contributed by atoms with Crippen LogP contribution >= 0.6 is 0 Å². The number of nitro groups is 1. The minimum atomic E-state index is -1.82. The molecule has 0 aromatic heterocycles. The number of hydrogen-bond donors (Lipinski definition) is 0. The molecule has 1 aromatic carbocycles. The molecule has 0 N–H and O–H groups in total. The molecule has 2 unspecified atom stereocenters. The molecule has 0 bridgehead atoms. The Morgan fingerprint density at radius 1 is 1.27 bits per heavy atom. The standard InChI is InChI=1S/C13H18N2O5S2/c1-4-14(5-2)13(16)9-22(20)12-7-6-10(21(3)19)8-11(12)15(17)18/h6-8H,4-5,9H2,1-3H3. The fraction of sp³-hybridized carbons (Fsp3) is 0.462. The van der Waals surface area contributed by atoms with Crippen LogP contribution in [0.15, 0.2) is 28.0 Å². The number of nitrogens with zero attached hydrogens (tertiary/aromatic N) is 2. The lowest BCUT2D eigenvalue weighted by atomic mass is 10.3. The third kappa shape index (κ3) is 4.44. The Morgan fingerprint density at radius 2 is 1.86 bits per heavy atom. The summed E-state index contributed by atoms with van der Waals surface area (Å²) >= 11 is 0. The van der Waals surface area contributed by atoms with E-state index in [-0.39, 0.29) is 27.1 Å². The van der Waals surface area contributed by atoms with Gasteiger partial charge in [0.15, 0.2) is 0 Å². The van der Waals surface area contributed by atoms with Crippen molar-refractivity contribution in [1.82, 2.24) is 4.90 Å². The number of carbonyl (C=O) groups excluding carboxylic acids is 1. The van der Waals surface area contributed by atoms with Gasteiger partial charge in [0, 0.05) is 30.3 Å². The number of rotatable bonds is 7. The van der Waals surface area contributed by atoms with E-state index < -0.39 is 26.5 Å². The molecule has 7 nitrogen and oxygen atoms in total. The van der Waals surface area contributed by atoms with Gasteiger partial charge in [-0.1, -0.05) is 0 Å². The summed E-state index contributed by atoms with van der Waals surface area (Å²) in [5.41, 5.74) is -0.376. The van der Waals surface area contributed by atoms with Gasteiger partial charge < -0.3 is 4.90 Å². The van der Waals surface area contributed by atoms with Crippen molar-refractivity contribution in [1.29, 1.82) is 0 Å². The number of nitro benzene ring substituents is 1. The second-order valence-corrected chi connectivity index (χ2v) is 7.20. The molecule has 122 valence electrons. The summed E-state index contributed by atoms with van der Waals surface area (Å²) < 4.78 is 23.7. The van der Waals surface area contributed by atoms with Crippen LogP contribution in [0.3, 0.4) is 0 Å². The van der Waals surface area contributed by atoms with Gasteiger partial charge in [-0.3, -0.25) is 23.3 Å². The summed E-state index contributed by atoms with van der Waals surface area (Å²) in [7, 11) is -3.20. The monoisotopic (exact) mass is 346 g/mol. The van der Waals surface area contributed by atoms with Crippen LogP contribution in [-0.2, 0) is 26.4 Å². The van der Waals surface area contributed by atoms with Gasteiger partial charge in [-0.15, -0.1) is 0 Å². The summed E-state index contributed by atoms with van der Waals surface area (Å²) in [6, 6.07) is 3.88. The first-order valence-corrected chi connectivity index (χ1v) is 9.47.